The van der Waals surface area contributed by atoms with Crippen molar-refractivity contribution >= 4 is 45.3 Å². The van der Waals surface area contributed by atoms with Crippen LogP contribution in [0.1, 0.15) is 11.1 Å². The number of allylic oxidation sites excluding steroid dienone is 2. The quantitative estimate of drug-likeness (QED) is 0.268. The first-order valence-electron chi connectivity index (χ1n) is 8.35. The maximum Gasteiger partial charge on any atom is 0.0477 e. The topological polar surface area (TPSA) is 0 Å². The van der Waals surface area contributed by atoms with E-state index in [-0.39, 0.29) is 0 Å². The second-order valence-electron chi connectivity index (χ2n) is 5.86. The van der Waals surface area contributed by atoms with Crippen molar-refractivity contribution in [3.8, 4) is 29.3 Å². The Hall–Kier alpha value is -1.72. The van der Waals surface area contributed by atoms with Crippen molar-refractivity contribution in [2.24, 2.45) is 0 Å². The van der Waals surface area contributed by atoms with Gasteiger partial charge in [0.25, 0.3) is 0 Å². The maximum absolute atomic E-state index is 3.87. The van der Waals surface area contributed by atoms with Crippen molar-refractivity contribution < 1.29 is 0 Å². The van der Waals surface area contributed by atoms with Gasteiger partial charge in [-0.05, 0) is 71.1 Å². The molecular formula is C22H18S4. The van der Waals surface area contributed by atoms with Crippen LogP contribution in [0.3, 0.4) is 0 Å². The number of thiophene rings is 4. The molecule has 0 spiro atoms. The van der Waals surface area contributed by atoms with Gasteiger partial charge in [0, 0.05) is 29.3 Å². The van der Waals surface area contributed by atoms with Gasteiger partial charge in [-0.2, -0.15) is 0 Å². The minimum Gasteiger partial charge on any atom is -0.143 e. The zero-order valence-corrected chi connectivity index (χ0v) is 17.5. The maximum atomic E-state index is 3.87. The molecule has 0 nitrogen and oxygen atoms in total. The molecule has 0 bridgehead atoms. The highest BCUT2D eigenvalue weighted by Gasteiger charge is 2.13. The van der Waals surface area contributed by atoms with Crippen LogP contribution < -0.4 is 0 Å². The van der Waals surface area contributed by atoms with Crippen LogP contribution in [0.15, 0.2) is 72.5 Å². The van der Waals surface area contributed by atoms with E-state index in [0.717, 1.165) is 12.8 Å². The molecule has 4 heterocycles. The first-order chi connectivity index (χ1) is 12.8. The third kappa shape index (κ3) is 3.42. The van der Waals surface area contributed by atoms with Crippen LogP contribution in [-0.4, -0.2) is 0 Å². The van der Waals surface area contributed by atoms with Gasteiger partial charge >= 0.3 is 0 Å². The largest absolute Gasteiger partial charge is 0.143 e. The molecule has 0 aliphatic rings. The number of rotatable bonds is 7. The molecule has 0 fully saturated rings. The second-order valence-corrected chi connectivity index (χ2v) is 9.86. The highest BCUT2D eigenvalue weighted by molar-refractivity contribution is 7.28. The van der Waals surface area contributed by atoms with Gasteiger partial charge < -0.3 is 0 Å². The van der Waals surface area contributed by atoms with E-state index in [9.17, 15) is 0 Å². The fraction of sp³-hybridized carbons (Fsp3) is 0.0909. The highest BCUT2D eigenvalue weighted by Crippen LogP contribution is 2.43. The summed E-state index contributed by atoms with van der Waals surface area (Å²) in [7, 11) is 0. The van der Waals surface area contributed by atoms with Gasteiger partial charge in [-0.1, -0.05) is 12.2 Å². The van der Waals surface area contributed by atoms with E-state index in [1.54, 1.807) is 0 Å². The molecule has 4 heteroatoms. The minimum absolute atomic E-state index is 0.930. The van der Waals surface area contributed by atoms with Crippen LogP contribution in [0.25, 0.3) is 29.3 Å². The molecule has 26 heavy (non-hydrogen) atoms. The van der Waals surface area contributed by atoms with Crippen molar-refractivity contribution in [1.82, 2.24) is 0 Å². The summed E-state index contributed by atoms with van der Waals surface area (Å²) in [5, 5.41) is 4.35. The predicted molar refractivity (Wildman–Crippen MR) is 122 cm³/mol. The van der Waals surface area contributed by atoms with Gasteiger partial charge in [0.15, 0.2) is 0 Å². The van der Waals surface area contributed by atoms with Crippen molar-refractivity contribution in [3.05, 3.63) is 83.6 Å². The Balaban J connectivity index is 1.63. The zero-order chi connectivity index (χ0) is 17.9. The number of hydrogen-bond donors (Lipinski definition) is 0. The molecule has 0 saturated heterocycles. The lowest BCUT2D eigenvalue weighted by atomic mass is 10.1. The summed E-state index contributed by atoms with van der Waals surface area (Å²) in [6.07, 6.45) is 5.82. The van der Waals surface area contributed by atoms with E-state index in [1.807, 2.05) is 57.5 Å². The molecule has 0 radical (unpaired) electrons. The molecular weight excluding hydrogens is 393 g/mol. The summed E-state index contributed by atoms with van der Waals surface area (Å²) >= 11 is 7.41. The van der Waals surface area contributed by atoms with Crippen LogP contribution in [0.5, 0.6) is 0 Å². The van der Waals surface area contributed by atoms with Crippen molar-refractivity contribution in [2.45, 2.75) is 12.8 Å². The van der Waals surface area contributed by atoms with Crippen LogP contribution in [0.4, 0.5) is 0 Å². The fourth-order valence-electron chi connectivity index (χ4n) is 2.92. The van der Waals surface area contributed by atoms with E-state index < -0.39 is 0 Å². The van der Waals surface area contributed by atoms with Crippen LogP contribution in [0.2, 0.25) is 0 Å². The molecule has 0 aromatic carbocycles. The van der Waals surface area contributed by atoms with E-state index in [2.05, 4.69) is 60.3 Å². The lowest BCUT2D eigenvalue weighted by molar-refractivity contribution is 1.31. The molecule has 0 aliphatic heterocycles. The van der Waals surface area contributed by atoms with Crippen molar-refractivity contribution in [3.63, 3.8) is 0 Å². The molecule has 0 amide bonds. The molecule has 130 valence electrons. The third-order valence-electron chi connectivity index (χ3n) is 4.12. The van der Waals surface area contributed by atoms with Gasteiger partial charge in [0.2, 0.25) is 0 Å². The van der Waals surface area contributed by atoms with Crippen LogP contribution >= 0.6 is 45.3 Å². The fourth-order valence-corrected chi connectivity index (χ4v) is 7.22. The molecule has 4 aromatic heterocycles. The Labute approximate surface area is 170 Å². The first kappa shape index (κ1) is 17.7. The monoisotopic (exact) mass is 410 g/mol. The molecule has 0 aliphatic carbocycles. The molecule has 0 saturated carbocycles. The average molecular weight is 411 g/mol. The Morgan fingerprint density at radius 1 is 0.615 bits per heavy atom. The van der Waals surface area contributed by atoms with E-state index >= 15 is 0 Å². The average Bonchev–Trinajstić information content (AvgIpc) is 3.41. The normalized spacial score (nSPS) is 10.9. The molecule has 4 rings (SSSR count). The summed E-state index contributed by atoms with van der Waals surface area (Å²) < 4.78 is 0. The molecule has 4 aromatic rings. The Morgan fingerprint density at radius 3 is 1.46 bits per heavy atom. The van der Waals surface area contributed by atoms with Gasteiger partial charge in [0.05, 0.1) is 0 Å². The lowest BCUT2D eigenvalue weighted by Crippen LogP contribution is -1.77. The summed E-state index contributed by atoms with van der Waals surface area (Å²) in [6, 6.07) is 13.4. The Bertz CT molecular complexity index is 953. The van der Waals surface area contributed by atoms with Crippen LogP contribution in [-0.2, 0) is 12.8 Å². The lowest BCUT2D eigenvalue weighted by Gasteiger charge is -1.98. The summed E-state index contributed by atoms with van der Waals surface area (Å²) in [5.41, 5.74) is 2.75. The first-order valence-corrected chi connectivity index (χ1v) is 11.7. The molecule has 0 unspecified atom stereocenters. The Kier molecular flexibility index (Phi) is 5.36. The zero-order valence-electron chi connectivity index (χ0n) is 14.2. The third-order valence-corrected chi connectivity index (χ3v) is 8.76. The van der Waals surface area contributed by atoms with Crippen molar-refractivity contribution in [2.75, 3.05) is 0 Å². The van der Waals surface area contributed by atoms with E-state index in [0.29, 0.717) is 0 Å². The van der Waals surface area contributed by atoms with Crippen molar-refractivity contribution in [1.29, 1.82) is 0 Å². The highest BCUT2D eigenvalue weighted by atomic mass is 32.1. The predicted octanol–water partition coefficient (Wildman–Crippen LogP) is 8.39. The molecule has 0 atom stereocenters. The van der Waals surface area contributed by atoms with Gasteiger partial charge in [-0.15, -0.1) is 58.5 Å². The van der Waals surface area contributed by atoms with Gasteiger partial charge in [-0.3, -0.25) is 0 Å². The van der Waals surface area contributed by atoms with Crippen LogP contribution in [0, 0.1) is 0 Å². The summed E-state index contributed by atoms with van der Waals surface area (Å²) in [6.45, 7) is 7.75. The molecule has 0 N–H and O–H groups in total. The summed E-state index contributed by atoms with van der Waals surface area (Å²) in [4.78, 5) is 8.15. The SMILES string of the molecule is C=CCc1ccsc1-c1ccc(-c2ccc(-c3sccc3CC=C)s2)s1. The smallest absolute Gasteiger partial charge is 0.0477 e. The Morgan fingerprint density at radius 2 is 1.04 bits per heavy atom. The standard InChI is InChI=1S/C22H18S4/c1-3-5-15-11-13-23-21(15)19-9-7-17(25-19)18-8-10-20(26-18)22-16(6-4-2)12-14-24-22/h3-4,7-14H,1-2,5-6H2. The van der Waals surface area contributed by atoms with E-state index in [4.69, 9.17) is 0 Å². The van der Waals surface area contributed by atoms with E-state index in [1.165, 1.54) is 40.4 Å². The minimum atomic E-state index is 0.930. The van der Waals surface area contributed by atoms with Gasteiger partial charge in [-0.25, -0.2) is 0 Å². The summed E-state index contributed by atoms with van der Waals surface area (Å²) in [5.74, 6) is 0. The van der Waals surface area contributed by atoms with Gasteiger partial charge in [0.1, 0.15) is 0 Å². The second kappa shape index (κ2) is 7.89. The number of hydrogen-bond acceptors (Lipinski definition) is 4.